The normalized spacial score (nSPS) is 19.0. The van der Waals surface area contributed by atoms with Gasteiger partial charge in [-0.1, -0.05) is 12.1 Å². The highest BCUT2D eigenvalue weighted by atomic mass is 19.1. The van der Waals surface area contributed by atoms with E-state index in [0.717, 1.165) is 36.5 Å². The molecule has 4 rings (SSSR count). The Hall–Kier alpha value is -2.31. The molecular weight excluding hydrogens is 307 g/mol. The minimum atomic E-state index is -0.175. The van der Waals surface area contributed by atoms with Gasteiger partial charge in [0.05, 0.1) is 30.8 Å². The van der Waals surface area contributed by atoms with E-state index >= 15 is 0 Å². The number of ether oxygens (including phenoxy) is 1. The van der Waals surface area contributed by atoms with Crippen LogP contribution in [0.4, 0.5) is 4.39 Å². The number of hydrogen-bond acceptors (Lipinski definition) is 4. The summed E-state index contributed by atoms with van der Waals surface area (Å²) in [6.07, 6.45) is 7.32. The molecule has 0 saturated carbocycles. The van der Waals surface area contributed by atoms with Crippen molar-refractivity contribution >= 4 is 5.65 Å². The summed E-state index contributed by atoms with van der Waals surface area (Å²) in [5.74, 6) is -0.175. The molecule has 1 atom stereocenters. The molecule has 0 aliphatic carbocycles. The molecule has 1 fully saturated rings. The third-order valence-corrected chi connectivity index (χ3v) is 4.48. The smallest absolute Gasteiger partial charge is 0.155 e. The second-order valence-electron chi connectivity index (χ2n) is 6.16. The van der Waals surface area contributed by atoms with Gasteiger partial charge in [-0.05, 0) is 24.1 Å². The van der Waals surface area contributed by atoms with Crippen molar-refractivity contribution in [3.05, 3.63) is 65.6 Å². The summed E-state index contributed by atoms with van der Waals surface area (Å²) in [6.45, 7) is 4.90. The van der Waals surface area contributed by atoms with Gasteiger partial charge in [-0.15, -0.1) is 0 Å². The van der Waals surface area contributed by atoms with Gasteiger partial charge in [-0.2, -0.15) is 0 Å². The zero-order valence-electron chi connectivity index (χ0n) is 13.5. The van der Waals surface area contributed by atoms with Crippen LogP contribution in [0.3, 0.4) is 0 Å². The van der Waals surface area contributed by atoms with Crippen molar-refractivity contribution in [3.8, 4) is 0 Å². The topological polar surface area (TPSA) is 42.7 Å². The van der Waals surface area contributed by atoms with Crippen LogP contribution >= 0.6 is 0 Å². The van der Waals surface area contributed by atoms with Crippen molar-refractivity contribution in [2.75, 3.05) is 19.7 Å². The third kappa shape index (κ3) is 2.90. The maximum absolute atomic E-state index is 13.5. The van der Waals surface area contributed by atoms with Crippen LogP contribution in [0.25, 0.3) is 5.65 Å². The predicted molar refractivity (Wildman–Crippen MR) is 88.1 cm³/mol. The number of nitrogens with zero attached hydrogens (tertiary/aromatic N) is 4. The molecule has 6 heteroatoms. The van der Waals surface area contributed by atoms with Gasteiger partial charge in [0.1, 0.15) is 5.82 Å². The van der Waals surface area contributed by atoms with Gasteiger partial charge < -0.3 is 4.74 Å². The molecule has 0 radical (unpaired) electrons. The number of aryl methyl sites for hydroxylation is 1. The summed E-state index contributed by atoms with van der Waals surface area (Å²) in [5, 5.41) is 0. The first-order valence-electron chi connectivity index (χ1n) is 8.06. The van der Waals surface area contributed by atoms with E-state index in [2.05, 4.69) is 19.3 Å². The number of rotatable bonds is 3. The van der Waals surface area contributed by atoms with Gasteiger partial charge in [0.25, 0.3) is 0 Å². The first-order valence-corrected chi connectivity index (χ1v) is 8.06. The van der Waals surface area contributed by atoms with Gasteiger partial charge in [0.2, 0.25) is 0 Å². The van der Waals surface area contributed by atoms with Crippen molar-refractivity contribution in [1.82, 2.24) is 19.3 Å². The molecule has 5 nitrogen and oxygen atoms in total. The average molecular weight is 326 g/mol. The van der Waals surface area contributed by atoms with Gasteiger partial charge in [0.15, 0.2) is 5.65 Å². The average Bonchev–Trinajstić information content (AvgIpc) is 3.01. The Balaban J connectivity index is 1.51. The summed E-state index contributed by atoms with van der Waals surface area (Å²) in [5.41, 5.74) is 3.67. The van der Waals surface area contributed by atoms with Crippen LogP contribution in [0.2, 0.25) is 0 Å². The molecule has 124 valence electrons. The number of benzene rings is 1. The second-order valence-corrected chi connectivity index (χ2v) is 6.16. The maximum atomic E-state index is 13.5. The molecule has 1 unspecified atom stereocenters. The molecule has 1 aliphatic heterocycles. The summed E-state index contributed by atoms with van der Waals surface area (Å²) >= 11 is 0. The van der Waals surface area contributed by atoms with E-state index in [-0.39, 0.29) is 11.9 Å². The van der Waals surface area contributed by atoms with Gasteiger partial charge in [0, 0.05) is 32.0 Å². The number of hydrogen-bond donors (Lipinski definition) is 0. The molecule has 1 aromatic carbocycles. The molecule has 0 spiro atoms. The zero-order chi connectivity index (χ0) is 16.5. The molecule has 3 heterocycles. The zero-order valence-corrected chi connectivity index (χ0v) is 13.5. The van der Waals surface area contributed by atoms with Crippen molar-refractivity contribution < 1.29 is 9.13 Å². The van der Waals surface area contributed by atoms with Gasteiger partial charge >= 0.3 is 0 Å². The number of aromatic nitrogens is 3. The van der Waals surface area contributed by atoms with E-state index in [1.54, 1.807) is 19.3 Å². The Morgan fingerprint density at radius 1 is 1.33 bits per heavy atom. The quantitative estimate of drug-likeness (QED) is 0.742. The fourth-order valence-electron chi connectivity index (χ4n) is 3.16. The van der Waals surface area contributed by atoms with Gasteiger partial charge in [-0.25, -0.2) is 9.37 Å². The molecule has 0 amide bonds. The summed E-state index contributed by atoms with van der Waals surface area (Å²) in [4.78, 5) is 10.8. The molecule has 1 aliphatic rings. The van der Waals surface area contributed by atoms with Crippen LogP contribution in [0, 0.1) is 12.7 Å². The Morgan fingerprint density at radius 3 is 3.12 bits per heavy atom. The fourth-order valence-corrected chi connectivity index (χ4v) is 3.16. The Kier molecular flexibility index (Phi) is 4.00. The molecule has 0 N–H and O–H groups in total. The van der Waals surface area contributed by atoms with E-state index in [1.807, 2.05) is 24.5 Å². The first kappa shape index (κ1) is 15.2. The lowest BCUT2D eigenvalue weighted by atomic mass is 10.0. The highest BCUT2D eigenvalue weighted by molar-refractivity contribution is 5.36. The number of imidazole rings is 1. The minimum Gasteiger partial charge on any atom is -0.371 e. The molecule has 3 aromatic rings. The number of morpholine rings is 1. The van der Waals surface area contributed by atoms with Crippen molar-refractivity contribution in [3.63, 3.8) is 0 Å². The molecular formula is C18H19FN4O. The van der Waals surface area contributed by atoms with Crippen LogP contribution in [0.15, 0.2) is 43.0 Å². The van der Waals surface area contributed by atoms with Crippen LogP contribution in [0.5, 0.6) is 0 Å². The lowest BCUT2D eigenvalue weighted by Crippen LogP contribution is -2.38. The number of fused-ring (bicyclic) bond motifs is 1. The second kappa shape index (κ2) is 6.30. The first-order chi connectivity index (χ1) is 11.7. The van der Waals surface area contributed by atoms with E-state index in [4.69, 9.17) is 4.74 Å². The molecule has 24 heavy (non-hydrogen) atoms. The summed E-state index contributed by atoms with van der Waals surface area (Å²) < 4.78 is 21.4. The monoisotopic (exact) mass is 326 g/mol. The lowest BCUT2D eigenvalue weighted by Gasteiger charge is -2.33. The highest BCUT2D eigenvalue weighted by Gasteiger charge is 2.23. The molecule has 0 bridgehead atoms. The van der Waals surface area contributed by atoms with Gasteiger partial charge in [-0.3, -0.25) is 14.3 Å². The molecule has 1 saturated heterocycles. The van der Waals surface area contributed by atoms with Crippen molar-refractivity contribution in [2.45, 2.75) is 19.6 Å². The van der Waals surface area contributed by atoms with E-state index < -0.39 is 0 Å². The Labute approximate surface area is 139 Å². The van der Waals surface area contributed by atoms with E-state index in [9.17, 15) is 4.39 Å². The lowest BCUT2D eigenvalue weighted by molar-refractivity contribution is -0.0334. The SMILES string of the molecule is Cc1cc(C2CN(Cc3cnc4cnccn34)CCO2)ccc1F. The predicted octanol–water partition coefficient (Wildman–Crippen LogP) is 2.75. The van der Waals surface area contributed by atoms with Crippen LogP contribution in [-0.2, 0) is 11.3 Å². The fraction of sp³-hybridized carbons (Fsp3) is 0.333. The summed E-state index contributed by atoms with van der Waals surface area (Å²) in [7, 11) is 0. The van der Waals surface area contributed by atoms with Crippen molar-refractivity contribution in [1.29, 1.82) is 0 Å². The standard InChI is InChI=1S/C18H19FN4O/c1-13-8-14(2-3-16(13)19)17-12-22(6-7-24-17)11-15-9-21-18-10-20-4-5-23(15)18/h2-5,8-10,17H,6-7,11-12H2,1H3. The van der Waals surface area contributed by atoms with Crippen LogP contribution < -0.4 is 0 Å². The summed E-state index contributed by atoms with van der Waals surface area (Å²) in [6, 6.07) is 5.21. The highest BCUT2D eigenvalue weighted by Crippen LogP contribution is 2.25. The number of halogens is 1. The van der Waals surface area contributed by atoms with E-state index in [0.29, 0.717) is 12.2 Å². The maximum Gasteiger partial charge on any atom is 0.155 e. The minimum absolute atomic E-state index is 0.0288. The third-order valence-electron chi connectivity index (χ3n) is 4.48. The molecule has 2 aromatic heterocycles. The van der Waals surface area contributed by atoms with Crippen molar-refractivity contribution in [2.24, 2.45) is 0 Å². The van der Waals surface area contributed by atoms with E-state index in [1.165, 1.54) is 6.07 Å². The largest absolute Gasteiger partial charge is 0.371 e. The van der Waals surface area contributed by atoms with Crippen LogP contribution in [0.1, 0.15) is 22.9 Å². The Morgan fingerprint density at radius 2 is 2.25 bits per heavy atom. The van der Waals surface area contributed by atoms with Crippen LogP contribution in [-0.4, -0.2) is 39.0 Å². The Bertz CT molecular complexity index is 863.